The minimum absolute atomic E-state index is 0.678. The summed E-state index contributed by atoms with van der Waals surface area (Å²) in [6.07, 6.45) is 0. The van der Waals surface area contributed by atoms with Crippen molar-refractivity contribution in [3.05, 3.63) is 0 Å². The lowest BCUT2D eigenvalue weighted by Crippen LogP contribution is -2.72. The first-order chi connectivity index (χ1) is 6.92. The Morgan fingerprint density at radius 3 is 1.33 bits per heavy atom. The molecule has 2 fully saturated rings. The maximum Gasteiger partial charge on any atom is 0.376 e. The lowest BCUT2D eigenvalue weighted by Gasteiger charge is -2.44. The molecule has 2 saturated heterocycles. The van der Waals surface area contributed by atoms with Crippen molar-refractivity contribution in [3.8, 4) is 0 Å². The van der Waals surface area contributed by atoms with Gasteiger partial charge in [0.1, 0.15) is 0 Å². The van der Waals surface area contributed by atoms with Crippen LogP contribution in [0.25, 0.3) is 0 Å². The van der Waals surface area contributed by atoms with E-state index in [4.69, 9.17) is 0 Å². The molecule has 0 aromatic heterocycles. The summed E-state index contributed by atoms with van der Waals surface area (Å²) in [5.41, 5.74) is 0. The zero-order valence-corrected chi connectivity index (χ0v) is 11.9. The standard InChI is InChI=1S/C10H24N4Si/c1-9-7-11(3)15(13(9)5)12(4)8-10(2)14(15)6/h9-10H,7-8H2,1-6H3. The van der Waals surface area contributed by atoms with E-state index in [0.717, 1.165) is 0 Å². The Morgan fingerprint density at radius 2 is 1.13 bits per heavy atom. The van der Waals surface area contributed by atoms with Crippen molar-refractivity contribution in [2.75, 3.05) is 41.3 Å². The summed E-state index contributed by atoms with van der Waals surface area (Å²) in [4.78, 5) is 0. The predicted molar refractivity (Wildman–Crippen MR) is 65.5 cm³/mol. The van der Waals surface area contributed by atoms with Gasteiger partial charge in [0, 0.05) is 25.2 Å². The SMILES string of the molecule is CC1CN(C)[Si]2(N(C)CC(C)N2C)N1C. The van der Waals surface area contributed by atoms with Gasteiger partial charge in [-0.25, -0.2) is 0 Å². The van der Waals surface area contributed by atoms with Crippen molar-refractivity contribution in [1.29, 1.82) is 0 Å². The number of nitrogens with zero attached hydrogens (tertiary/aromatic N) is 4. The van der Waals surface area contributed by atoms with Crippen LogP contribution in [0.15, 0.2) is 0 Å². The normalized spacial score (nSPS) is 46.0. The average molecular weight is 228 g/mol. The van der Waals surface area contributed by atoms with Crippen molar-refractivity contribution >= 4 is 8.72 Å². The minimum atomic E-state index is -1.68. The fourth-order valence-electron chi connectivity index (χ4n) is 3.49. The molecular formula is C10H24N4Si. The van der Waals surface area contributed by atoms with Gasteiger partial charge in [-0.15, -0.1) is 0 Å². The molecule has 2 aliphatic rings. The van der Waals surface area contributed by atoms with E-state index in [0.29, 0.717) is 12.1 Å². The fourth-order valence-corrected chi connectivity index (χ4v) is 9.09. The summed E-state index contributed by atoms with van der Waals surface area (Å²) in [6, 6.07) is 1.36. The van der Waals surface area contributed by atoms with E-state index < -0.39 is 8.72 Å². The Hall–Kier alpha value is 0.0569. The van der Waals surface area contributed by atoms with Crippen molar-refractivity contribution in [2.24, 2.45) is 0 Å². The summed E-state index contributed by atoms with van der Waals surface area (Å²) in [6.45, 7) is 7.07. The van der Waals surface area contributed by atoms with Gasteiger partial charge >= 0.3 is 8.72 Å². The molecule has 0 N–H and O–H groups in total. The third-order valence-corrected chi connectivity index (χ3v) is 9.56. The highest BCUT2D eigenvalue weighted by molar-refractivity contribution is 6.70. The van der Waals surface area contributed by atoms with E-state index in [1.54, 1.807) is 0 Å². The lowest BCUT2D eigenvalue weighted by atomic mass is 10.3. The summed E-state index contributed by atoms with van der Waals surface area (Å²) < 4.78 is 10.4. The van der Waals surface area contributed by atoms with Crippen LogP contribution in [0, 0.1) is 0 Å². The molecule has 2 heterocycles. The molecule has 0 saturated carbocycles. The van der Waals surface area contributed by atoms with Gasteiger partial charge in [-0.1, -0.05) is 0 Å². The topological polar surface area (TPSA) is 13.0 Å². The maximum absolute atomic E-state index is 2.62. The predicted octanol–water partition coefficient (Wildman–Crippen LogP) is -0.0466. The second-order valence-electron chi connectivity index (χ2n) is 5.28. The molecule has 5 heteroatoms. The van der Waals surface area contributed by atoms with E-state index in [1.807, 2.05) is 0 Å². The van der Waals surface area contributed by atoms with E-state index in [2.05, 4.69) is 60.3 Å². The molecular weight excluding hydrogens is 204 g/mol. The second-order valence-corrected chi connectivity index (χ2v) is 9.42. The van der Waals surface area contributed by atoms with Gasteiger partial charge in [-0.3, -0.25) is 18.3 Å². The molecule has 2 rings (SSSR count). The monoisotopic (exact) mass is 228 g/mol. The quantitative estimate of drug-likeness (QED) is 0.539. The van der Waals surface area contributed by atoms with Crippen LogP contribution >= 0.6 is 0 Å². The van der Waals surface area contributed by atoms with E-state index in [9.17, 15) is 0 Å². The summed E-state index contributed by atoms with van der Waals surface area (Å²) in [5.74, 6) is 0. The van der Waals surface area contributed by atoms with Gasteiger partial charge in [0.25, 0.3) is 0 Å². The third kappa shape index (κ3) is 1.27. The molecule has 0 bridgehead atoms. The molecule has 1 spiro atoms. The second kappa shape index (κ2) is 3.53. The molecule has 0 radical (unpaired) electrons. The van der Waals surface area contributed by atoms with Gasteiger partial charge in [0.05, 0.1) is 0 Å². The van der Waals surface area contributed by atoms with Crippen LogP contribution in [0.3, 0.4) is 0 Å². The van der Waals surface area contributed by atoms with Crippen LogP contribution in [0.2, 0.25) is 0 Å². The number of hydrogen-bond acceptors (Lipinski definition) is 4. The highest BCUT2D eigenvalue weighted by Crippen LogP contribution is 2.34. The van der Waals surface area contributed by atoms with Crippen molar-refractivity contribution in [1.82, 2.24) is 18.3 Å². The van der Waals surface area contributed by atoms with E-state index >= 15 is 0 Å². The molecule has 15 heavy (non-hydrogen) atoms. The van der Waals surface area contributed by atoms with Crippen molar-refractivity contribution < 1.29 is 0 Å². The Bertz CT molecular complexity index is 234. The van der Waals surface area contributed by atoms with Crippen LogP contribution < -0.4 is 0 Å². The molecule has 0 aliphatic carbocycles. The highest BCUT2D eigenvalue weighted by Gasteiger charge is 2.61. The summed E-state index contributed by atoms with van der Waals surface area (Å²) in [7, 11) is 7.50. The zero-order chi connectivity index (χ0) is 11.4. The number of likely N-dealkylation sites (N-methyl/N-ethyl adjacent to an activating group) is 4. The van der Waals surface area contributed by atoms with E-state index in [1.165, 1.54) is 13.1 Å². The van der Waals surface area contributed by atoms with Gasteiger partial charge in [-0.05, 0) is 42.0 Å². The van der Waals surface area contributed by atoms with Crippen molar-refractivity contribution in [3.63, 3.8) is 0 Å². The smallest absolute Gasteiger partial charge is 0.288 e. The molecule has 2 unspecified atom stereocenters. The van der Waals surface area contributed by atoms with E-state index in [-0.39, 0.29) is 0 Å². The molecule has 88 valence electrons. The maximum atomic E-state index is 2.62. The molecule has 2 atom stereocenters. The fraction of sp³-hybridized carbons (Fsp3) is 1.00. The number of hydrogen-bond donors (Lipinski definition) is 0. The third-order valence-electron chi connectivity index (χ3n) is 4.37. The first-order valence-corrected chi connectivity index (χ1v) is 7.59. The van der Waals surface area contributed by atoms with Crippen LogP contribution in [0.1, 0.15) is 13.8 Å². The molecule has 2 aliphatic heterocycles. The Kier molecular flexibility index (Phi) is 2.72. The van der Waals surface area contributed by atoms with Crippen LogP contribution in [-0.4, -0.2) is 80.3 Å². The van der Waals surface area contributed by atoms with Crippen LogP contribution in [0.4, 0.5) is 0 Å². The average Bonchev–Trinajstić information content (AvgIpc) is 2.50. The van der Waals surface area contributed by atoms with Gasteiger partial charge in [0.15, 0.2) is 0 Å². The first-order valence-electron chi connectivity index (χ1n) is 5.80. The van der Waals surface area contributed by atoms with Gasteiger partial charge in [-0.2, -0.15) is 0 Å². The lowest BCUT2D eigenvalue weighted by molar-refractivity contribution is 0.344. The van der Waals surface area contributed by atoms with Crippen molar-refractivity contribution in [2.45, 2.75) is 25.9 Å². The van der Waals surface area contributed by atoms with Crippen LogP contribution in [0.5, 0.6) is 0 Å². The largest absolute Gasteiger partial charge is 0.376 e. The minimum Gasteiger partial charge on any atom is -0.288 e. The van der Waals surface area contributed by atoms with Crippen LogP contribution in [-0.2, 0) is 0 Å². The summed E-state index contributed by atoms with van der Waals surface area (Å²) >= 11 is 0. The number of rotatable bonds is 0. The highest BCUT2D eigenvalue weighted by atomic mass is 28.4. The zero-order valence-electron chi connectivity index (χ0n) is 10.9. The molecule has 0 amide bonds. The summed E-state index contributed by atoms with van der Waals surface area (Å²) in [5, 5.41) is 0. The van der Waals surface area contributed by atoms with Gasteiger partial charge < -0.3 is 0 Å². The molecule has 0 aromatic rings. The Morgan fingerprint density at radius 1 is 0.800 bits per heavy atom. The van der Waals surface area contributed by atoms with Gasteiger partial charge in [0.2, 0.25) is 0 Å². The Balaban J connectivity index is 2.39. The molecule has 4 nitrogen and oxygen atoms in total. The first kappa shape index (κ1) is 11.5. The molecule has 0 aromatic carbocycles. The Labute approximate surface area is 94.8 Å².